The summed E-state index contributed by atoms with van der Waals surface area (Å²) in [6, 6.07) is 0. The Morgan fingerprint density at radius 3 is 2.50 bits per heavy atom. The fourth-order valence-electron chi connectivity index (χ4n) is 2.38. The van der Waals surface area contributed by atoms with Crippen molar-refractivity contribution >= 4 is 16.5 Å². The first-order valence-corrected chi connectivity index (χ1v) is 7.76. The Labute approximate surface area is 123 Å². The summed E-state index contributed by atoms with van der Waals surface area (Å²) < 4.78 is 5.66. The van der Waals surface area contributed by atoms with Crippen LogP contribution in [0.25, 0.3) is 0 Å². The molecule has 1 aliphatic rings. The van der Waals surface area contributed by atoms with Crippen LogP contribution in [0.4, 0.5) is 5.13 Å². The second-order valence-corrected chi connectivity index (χ2v) is 6.48. The van der Waals surface area contributed by atoms with Crippen LogP contribution in [0.5, 0.6) is 0 Å². The van der Waals surface area contributed by atoms with Crippen LogP contribution in [-0.2, 0) is 6.54 Å². The molecule has 0 radical (unpaired) electrons. The Balaban J connectivity index is 1.56. The van der Waals surface area contributed by atoms with Gasteiger partial charge in [-0.25, -0.2) is 9.97 Å². The van der Waals surface area contributed by atoms with Crippen molar-refractivity contribution in [3.8, 4) is 0 Å². The van der Waals surface area contributed by atoms with Crippen molar-refractivity contribution in [3.63, 3.8) is 0 Å². The Morgan fingerprint density at radius 1 is 1.20 bits per heavy atom. The number of hydrogen-bond donors (Lipinski definition) is 0. The lowest BCUT2D eigenvalue weighted by molar-refractivity contribution is 0.225. The van der Waals surface area contributed by atoms with Gasteiger partial charge in [-0.3, -0.25) is 4.90 Å². The van der Waals surface area contributed by atoms with Gasteiger partial charge in [-0.1, -0.05) is 0 Å². The third kappa shape index (κ3) is 2.86. The molecule has 0 N–H and O–H groups in total. The zero-order chi connectivity index (χ0) is 14.1. The molecule has 2 aromatic heterocycles. The molecule has 0 spiro atoms. The van der Waals surface area contributed by atoms with E-state index >= 15 is 0 Å². The topological polar surface area (TPSA) is 45.4 Å². The van der Waals surface area contributed by atoms with Gasteiger partial charge in [0.1, 0.15) is 5.76 Å². The van der Waals surface area contributed by atoms with Crippen LogP contribution >= 0.6 is 11.3 Å². The predicted octanol–water partition coefficient (Wildman–Crippen LogP) is 2.38. The average molecular weight is 292 g/mol. The lowest BCUT2D eigenvalue weighted by Gasteiger charge is -2.33. The summed E-state index contributed by atoms with van der Waals surface area (Å²) in [5.74, 6) is 1.76. The molecule has 108 valence electrons. The Hall–Kier alpha value is -1.40. The van der Waals surface area contributed by atoms with E-state index in [1.54, 1.807) is 11.3 Å². The van der Waals surface area contributed by atoms with E-state index in [2.05, 4.69) is 26.7 Å². The number of aryl methyl sites for hydroxylation is 3. The Bertz CT molecular complexity index is 564. The largest absolute Gasteiger partial charge is 0.444 e. The maximum absolute atomic E-state index is 5.66. The van der Waals surface area contributed by atoms with Crippen molar-refractivity contribution in [2.45, 2.75) is 27.3 Å². The molecule has 1 saturated heterocycles. The molecule has 0 aliphatic carbocycles. The van der Waals surface area contributed by atoms with Crippen molar-refractivity contribution < 1.29 is 4.42 Å². The van der Waals surface area contributed by atoms with E-state index in [9.17, 15) is 0 Å². The van der Waals surface area contributed by atoms with Crippen molar-refractivity contribution in [1.82, 2.24) is 14.9 Å². The smallest absolute Gasteiger partial charge is 0.208 e. The molecule has 2 aromatic rings. The third-order valence-electron chi connectivity index (χ3n) is 3.68. The number of hydrogen-bond acceptors (Lipinski definition) is 6. The van der Waals surface area contributed by atoms with Crippen molar-refractivity contribution in [1.29, 1.82) is 0 Å². The Morgan fingerprint density at radius 2 is 1.95 bits per heavy atom. The molecule has 0 amide bonds. The molecule has 5 nitrogen and oxygen atoms in total. The summed E-state index contributed by atoms with van der Waals surface area (Å²) in [5, 5.41) is 1.14. The number of rotatable bonds is 3. The third-order valence-corrected chi connectivity index (χ3v) is 4.66. The van der Waals surface area contributed by atoms with Crippen LogP contribution in [0, 0.1) is 20.8 Å². The van der Waals surface area contributed by atoms with Crippen LogP contribution in [0.2, 0.25) is 0 Å². The molecule has 6 heteroatoms. The second-order valence-electron chi connectivity index (χ2n) is 5.27. The summed E-state index contributed by atoms with van der Waals surface area (Å²) in [6.07, 6.45) is 1.95. The monoisotopic (exact) mass is 292 g/mol. The van der Waals surface area contributed by atoms with Gasteiger partial charge in [0.05, 0.1) is 12.2 Å². The quantitative estimate of drug-likeness (QED) is 0.869. The van der Waals surface area contributed by atoms with Crippen molar-refractivity contribution in [2.24, 2.45) is 0 Å². The molecule has 20 heavy (non-hydrogen) atoms. The minimum absolute atomic E-state index is 0.805. The molecular weight excluding hydrogens is 272 g/mol. The maximum atomic E-state index is 5.66. The standard InChI is InChI=1S/C14H20N4OS/c1-10-8-15-14(20-10)18-6-4-17(5-7-18)9-13-16-11(2)12(3)19-13/h8H,4-7,9H2,1-3H3. The minimum Gasteiger partial charge on any atom is -0.444 e. The molecule has 0 bridgehead atoms. The SMILES string of the molecule is Cc1cnc(N2CCN(Cc3nc(C)c(C)o3)CC2)s1. The number of nitrogens with zero attached hydrogens (tertiary/aromatic N) is 4. The molecular formula is C14H20N4OS. The first kappa shape index (κ1) is 13.6. The molecule has 1 fully saturated rings. The highest BCUT2D eigenvalue weighted by molar-refractivity contribution is 7.15. The highest BCUT2D eigenvalue weighted by Crippen LogP contribution is 2.23. The van der Waals surface area contributed by atoms with Gasteiger partial charge < -0.3 is 9.32 Å². The molecule has 1 aliphatic heterocycles. The van der Waals surface area contributed by atoms with E-state index in [0.29, 0.717) is 0 Å². The van der Waals surface area contributed by atoms with Gasteiger partial charge in [0.25, 0.3) is 0 Å². The number of thiazole rings is 1. The highest BCUT2D eigenvalue weighted by Gasteiger charge is 2.20. The molecule has 0 unspecified atom stereocenters. The molecule has 0 saturated carbocycles. The Kier molecular flexibility index (Phi) is 3.76. The van der Waals surface area contributed by atoms with Crippen LogP contribution in [0.15, 0.2) is 10.6 Å². The molecule has 0 atom stereocenters. The van der Waals surface area contributed by atoms with E-state index in [1.807, 2.05) is 20.0 Å². The normalized spacial score (nSPS) is 16.9. The van der Waals surface area contributed by atoms with E-state index in [0.717, 1.165) is 55.2 Å². The van der Waals surface area contributed by atoms with E-state index in [1.165, 1.54) is 4.88 Å². The first-order valence-electron chi connectivity index (χ1n) is 6.94. The molecule has 0 aromatic carbocycles. The first-order chi connectivity index (χ1) is 9.61. The number of anilines is 1. The van der Waals surface area contributed by atoms with Crippen molar-refractivity contribution in [2.75, 3.05) is 31.1 Å². The highest BCUT2D eigenvalue weighted by atomic mass is 32.1. The summed E-state index contributed by atoms with van der Waals surface area (Å²) in [4.78, 5) is 14.9. The second kappa shape index (κ2) is 5.54. The lowest BCUT2D eigenvalue weighted by atomic mass is 10.3. The summed E-state index contributed by atoms with van der Waals surface area (Å²) >= 11 is 1.77. The maximum Gasteiger partial charge on any atom is 0.208 e. The lowest BCUT2D eigenvalue weighted by Crippen LogP contribution is -2.46. The average Bonchev–Trinajstić information content (AvgIpc) is 2.98. The van der Waals surface area contributed by atoms with Gasteiger partial charge >= 0.3 is 0 Å². The van der Waals surface area contributed by atoms with Gasteiger partial charge in [-0.2, -0.15) is 0 Å². The number of piperazine rings is 1. The summed E-state index contributed by atoms with van der Waals surface area (Å²) in [6.45, 7) is 11.0. The molecule has 3 heterocycles. The van der Waals surface area contributed by atoms with Gasteiger partial charge in [0.15, 0.2) is 5.13 Å². The fraction of sp³-hybridized carbons (Fsp3) is 0.571. The number of aromatic nitrogens is 2. The zero-order valence-electron chi connectivity index (χ0n) is 12.2. The van der Waals surface area contributed by atoms with E-state index in [4.69, 9.17) is 4.42 Å². The van der Waals surface area contributed by atoms with Crippen LogP contribution in [0.1, 0.15) is 22.2 Å². The number of oxazole rings is 1. The van der Waals surface area contributed by atoms with Crippen LogP contribution in [0.3, 0.4) is 0 Å². The zero-order valence-corrected chi connectivity index (χ0v) is 13.0. The van der Waals surface area contributed by atoms with Gasteiger partial charge in [0, 0.05) is 37.3 Å². The van der Waals surface area contributed by atoms with Crippen LogP contribution in [-0.4, -0.2) is 41.0 Å². The van der Waals surface area contributed by atoms with Gasteiger partial charge in [0.2, 0.25) is 5.89 Å². The fourth-order valence-corrected chi connectivity index (χ4v) is 3.19. The minimum atomic E-state index is 0.805. The van der Waals surface area contributed by atoms with E-state index < -0.39 is 0 Å². The van der Waals surface area contributed by atoms with E-state index in [-0.39, 0.29) is 0 Å². The van der Waals surface area contributed by atoms with Crippen LogP contribution < -0.4 is 4.90 Å². The van der Waals surface area contributed by atoms with Gasteiger partial charge in [-0.15, -0.1) is 11.3 Å². The predicted molar refractivity (Wildman–Crippen MR) is 80.3 cm³/mol. The molecule has 3 rings (SSSR count). The van der Waals surface area contributed by atoms with Crippen molar-refractivity contribution in [3.05, 3.63) is 28.4 Å². The summed E-state index contributed by atoms with van der Waals surface area (Å²) in [7, 11) is 0. The van der Waals surface area contributed by atoms with Gasteiger partial charge in [-0.05, 0) is 20.8 Å². The summed E-state index contributed by atoms with van der Waals surface area (Å²) in [5.41, 5.74) is 0.997.